The van der Waals surface area contributed by atoms with E-state index in [-0.39, 0.29) is 29.3 Å². The SMILES string of the molecule is C#CCNS(=O)(=O)c1ccc(C(=O)NC(C)(CC(=O)O)C(C)C)cc1. The van der Waals surface area contributed by atoms with Crippen molar-refractivity contribution in [2.75, 3.05) is 6.54 Å². The average molecular weight is 366 g/mol. The van der Waals surface area contributed by atoms with Crippen molar-refractivity contribution >= 4 is 21.9 Å². The molecule has 0 spiro atoms. The van der Waals surface area contributed by atoms with Crippen molar-refractivity contribution in [3.05, 3.63) is 29.8 Å². The number of benzene rings is 1. The number of amides is 1. The first-order valence-corrected chi connectivity index (χ1v) is 9.07. The molecule has 8 heteroatoms. The minimum Gasteiger partial charge on any atom is -0.481 e. The molecule has 7 nitrogen and oxygen atoms in total. The summed E-state index contributed by atoms with van der Waals surface area (Å²) in [5, 5.41) is 11.8. The van der Waals surface area contributed by atoms with Crippen molar-refractivity contribution in [3.63, 3.8) is 0 Å². The number of carbonyl (C=O) groups is 2. The second kappa shape index (κ2) is 8.14. The molecule has 0 aliphatic carbocycles. The second-order valence-corrected chi connectivity index (χ2v) is 7.92. The zero-order valence-corrected chi connectivity index (χ0v) is 15.2. The summed E-state index contributed by atoms with van der Waals surface area (Å²) in [5.74, 6) is 0.571. The van der Waals surface area contributed by atoms with Crippen LogP contribution in [0.2, 0.25) is 0 Å². The third kappa shape index (κ3) is 5.59. The van der Waals surface area contributed by atoms with Crippen molar-refractivity contribution in [2.24, 2.45) is 5.92 Å². The number of carboxylic acids is 1. The third-order valence-corrected chi connectivity index (χ3v) is 5.40. The number of rotatable bonds is 8. The van der Waals surface area contributed by atoms with E-state index in [0.29, 0.717) is 0 Å². The lowest BCUT2D eigenvalue weighted by Crippen LogP contribution is -2.51. The van der Waals surface area contributed by atoms with E-state index in [2.05, 4.69) is 16.0 Å². The van der Waals surface area contributed by atoms with Crippen LogP contribution in [0.3, 0.4) is 0 Å². The molecule has 0 aliphatic rings. The van der Waals surface area contributed by atoms with Gasteiger partial charge < -0.3 is 10.4 Å². The van der Waals surface area contributed by atoms with Gasteiger partial charge in [0.25, 0.3) is 5.91 Å². The van der Waals surface area contributed by atoms with Gasteiger partial charge in [-0.1, -0.05) is 19.8 Å². The highest BCUT2D eigenvalue weighted by atomic mass is 32.2. The number of terminal acetylenes is 1. The van der Waals surface area contributed by atoms with E-state index in [9.17, 15) is 18.0 Å². The Morgan fingerprint density at radius 1 is 1.28 bits per heavy atom. The maximum absolute atomic E-state index is 12.4. The quantitative estimate of drug-likeness (QED) is 0.599. The van der Waals surface area contributed by atoms with Gasteiger partial charge >= 0.3 is 5.97 Å². The van der Waals surface area contributed by atoms with E-state index in [1.807, 2.05) is 13.8 Å². The number of sulfonamides is 1. The normalized spacial score (nSPS) is 13.7. The number of hydrogen-bond acceptors (Lipinski definition) is 4. The van der Waals surface area contributed by atoms with Crippen LogP contribution in [-0.4, -0.2) is 37.5 Å². The molecular weight excluding hydrogens is 344 g/mol. The number of carboxylic acid groups (broad SMARTS) is 1. The standard InChI is InChI=1S/C17H22N2O5S/c1-5-10-18-25(23,24)14-8-6-13(7-9-14)16(22)19-17(4,12(2)3)11-15(20)21/h1,6-9,12,18H,10-11H2,2-4H3,(H,19,22)(H,20,21). The van der Waals surface area contributed by atoms with Gasteiger partial charge in [-0.05, 0) is 37.1 Å². The molecule has 136 valence electrons. The fourth-order valence-corrected chi connectivity index (χ4v) is 2.98. The van der Waals surface area contributed by atoms with Gasteiger partial charge in [-0.3, -0.25) is 9.59 Å². The summed E-state index contributed by atoms with van der Waals surface area (Å²) in [6.45, 7) is 5.16. The molecule has 0 fully saturated rings. The maximum Gasteiger partial charge on any atom is 0.305 e. The summed E-state index contributed by atoms with van der Waals surface area (Å²) < 4.78 is 26.1. The largest absolute Gasteiger partial charge is 0.481 e. The predicted molar refractivity (Wildman–Crippen MR) is 93.4 cm³/mol. The molecule has 1 aromatic rings. The Bertz CT molecular complexity index is 778. The Labute approximate surface area is 147 Å². The molecule has 1 amide bonds. The molecule has 0 heterocycles. The van der Waals surface area contributed by atoms with Gasteiger partial charge in [0, 0.05) is 5.56 Å². The van der Waals surface area contributed by atoms with Gasteiger partial charge in [0.15, 0.2) is 0 Å². The summed E-state index contributed by atoms with van der Waals surface area (Å²) in [4.78, 5) is 23.4. The van der Waals surface area contributed by atoms with E-state index in [1.54, 1.807) is 6.92 Å². The van der Waals surface area contributed by atoms with E-state index < -0.39 is 27.4 Å². The van der Waals surface area contributed by atoms with Crippen LogP contribution in [0.1, 0.15) is 37.6 Å². The second-order valence-electron chi connectivity index (χ2n) is 6.15. The van der Waals surface area contributed by atoms with Crippen molar-refractivity contribution < 1.29 is 23.1 Å². The van der Waals surface area contributed by atoms with Crippen LogP contribution < -0.4 is 10.0 Å². The molecular formula is C17H22N2O5S. The zero-order chi connectivity index (χ0) is 19.3. The first kappa shape index (κ1) is 20.7. The third-order valence-electron chi connectivity index (χ3n) is 3.98. The van der Waals surface area contributed by atoms with Crippen molar-refractivity contribution in [2.45, 2.75) is 37.6 Å². The van der Waals surface area contributed by atoms with E-state index in [0.717, 1.165) is 0 Å². The molecule has 1 aromatic carbocycles. The highest BCUT2D eigenvalue weighted by molar-refractivity contribution is 7.89. The van der Waals surface area contributed by atoms with E-state index in [1.165, 1.54) is 24.3 Å². The molecule has 25 heavy (non-hydrogen) atoms. The van der Waals surface area contributed by atoms with Crippen LogP contribution >= 0.6 is 0 Å². The molecule has 0 saturated carbocycles. The smallest absolute Gasteiger partial charge is 0.305 e. The van der Waals surface area contributed by atoms with Crippen LogP contribution in [0.5, 0.6) is 0 Å². The summed E-state index contributed by atoms with van der Waals surface area (Å²) >= 11 is 0. The minimum atomic E-state index is -3.73. The van der Waals surface area contributed by atoms with E-state index in [4.69, 9.17) is 11.5 Å². The van der Waals surface area contributed by atoms with Crippen molar-refractivity contribution in [3.8, 4) is 12.3 Å². The first-order chi connectivity index (χ1) is 11.5. The molecule has 0 aliphatic heterocycles. The van der Waals surface area contributed by atoms with Gasteiger partial charge in [0.05, 0.1) is 23.4 Å². The number of nitrogens with one attached hydrogen (secondary N) is 2. The Kier molecular flexibility index (Phi) is 6.73. The zero-order valence-electron chi connectivity index (χ0n) is 14.4. The summed E-state index contributed by atoms with van der Waals surface area (Å²) in [6, 6.07) is 5.30. The molecule has 0 saturated heterocycles. The molecule has 0 bridgehead atoms. The average Bonchev–Trinajstić information content (AvgIpc) is 2.52. The topological polar surface area (TPSA) is 113 Å². The molecule has 1 atom stereocenters. The Morgan fingerprint density at radius 2 is 1.84 bits per heavy atom. The molecule has 3 N–H and O–H groups in total. The molecule has 1 unspecified atom stereocenters. The summed E-state index contributed by atoms with van der Waals surface area (Å²) in [6.07, 6.45) is 4.80. The van der Waals surface area contributed by atoms with Gasteiger partial charge in [0.2, 0.25) is 10.0 Å². The van der Waals surface area contributed by atoms with Crippen LogP contribution in [-0.2, 0) is 14.8 Å². The highest BCUT2D eigenvalue weighted by Gasteiger charge is 2.33. The van der Waals surface area contributed by atoms with Crippen molar-refractivity contribution in [1.29, 1.82) is 0 Å². The van der Waals surface area contributed by atoms with Gasteiger partial charge in [0.1, 0.15) is 0 Å². The van der Waals surface area contributed by atoms with Gasteiger partial charge in [-0.15, -0.1) is 6.42 Å². The predicted octanol–water partition coefficient (Wildman–Crippen LogP) is 1.22. The van der Waals surface area contributed by atoms with Crippen LogP contribution in [0.15, 0.2) is 29.2 Å². The maximum atomic E-state index is 12.4. The number of carbonyl (C=O) groups excluding carboxylic acids is 1. The summed E-state index contributed by atoms with van der Waals surface area (Å²) in [7, 11) is -3.73. The Morgan fingerprint density at radius 3 is 2.28 bits per heavy atom. The molecule has 0 radical (unpaired) electrons. The highest BCUT2D eigenvalue weighted by Crippen LogP contribution is 2.22. The van der Waals surface area contributed by atoms with Crippen LogP contribution in [0.25, 0.3) is 0 Å². The lowest BCUT2D eigenvalue weighted by Gasteiger charge is -2.33. The van der Waals surface area contributed by atoms with Gasteiger partial charge in [-0.25, -0.2) is 8.42 Å². The Hall–Kier alpha value is -2.37. The fraction of sp³-hybridized carbons (Fsp3) is 0.412. The fourth-order valence-electron chi connectivity index (χ4n) is 2.04. The Balaban J connectivity index is 2.97. The van der Waals surface area contributed by atoms with Crippen LogP contribution in [0, 0.1) is 18.3 Å². The van der Waals surface area contributed by atoms with Gasteiger partial charge in [-0.2, -0.15) is 4.72 Å². The molecule has 0 aromatic heterocycles. The number of hydrogen-bond donors (Lipinski definition) is 3. The van der Waals surface area contributed by atoms with Crippen LogP contribution in [0.4, 0.5) is 0 Å². The molecule has 1 rings (SSSR count). The van der Waals surface area contributed by atoms with Crippen molar-refractivity contribution in [1.82, 2.24) is 10.0 Å². The number of aliphatic carboxylic acids is 1. The lowest BCUT2D eigenvalue weighted by molar-refractivity contribution is -0.138. The lowest BCUT2D eigenvalue weighted by atomic mass is 9.85. The minimum absolute atomic E-state index is 0.0172. The first-order valence-electron chi connectivity index (χ1n) is 7.59. The summed E-state index contributed by atoms with van der Waals surface area (Å²) in [5.41, 5.74) is -0.699. The van der Waals surface area contributed by atoms with E-state index >= 15 is 0 Å². The monoisotopic (exact) mass is 366 g/mol.